The van der Waals surface area contributed by atoms with Gasteiger partial charge >= 0.3 is 12.0 Å². The summed E-state index contributed by atoms with van der Waals surface area (Å²) in [4.78, 5) is 64.0. The summed E-state index contributed by atoms with van der Waals surface area (Å²) in [6.07, 6.45) is 1.94. The largest absolute Gasteiger partial charge is 0.481 e. The van der Waals surface area contributed by atoms with Crippen molar-refractivity contribution in [2.45, 2.75) is 44.7 Å². The molecule has 0 spiro atoms. The number of rotatable bonds is 11. The van der Waals surface area contributed by atoms with Gasteiger partial charge < -0.3 is 29.9 Å². The lowest BCUT2D eigenvalue weighted by molar-refractivity contribution is -0.140. The summed E-state index contributed by atoms with van der Waals surface area (Å²) in [6.45, 7) is 1.35. The van der Waals surface area contributed by atoms with Crippen LogP contribution in [-0.4, -0.2) is 64.0 Å². The van der Waals surface area contributed by atoms with Gasteiger partial charge in [0.2, 0.25) is 17.5 Å². The third-order valence-corrected chi connectivity index (χ3v) is 6.15. The number of ether oxygens (including phenoxy) is 1. The second-order valence-corrected chi connectivity index (χ2v) is 8.89. The van der Waals surface area contributed by atoms with Crippen molar-refractivity contribution in [3.05, 3.63) is 58.0 Å². The first kappa shape index (κ1) is 30.1. The average Bonchev–Trinajstić information content (AvgIpc) is 3.44. The molecule has 1 aromatic carbocycles. The zero-order valence-electron chi connectivity index (χ0n) is 21.2. The van der Waals surface area contributed by atoms with Crippen LogP contribution in [0.25, 0.3) is 0 Å². The first-order valence-electron chi connectivity index (χ1n) is 12.2. The Balaban J connectivity index is 1.77. The number of carboxylic acids is 1. The summed E-state index contributed by atoms with van der Waals surface area (Å²) >= 11 is 0. The molecule has 0 aliphatic carbocycles. The minimum absolute atomic E-state index is 0.00125. The maximum Gasteiger partial charge on any atom is 0.321 e. The molecule has 3 rings (SSSR count). The lowest BCUT2D eigenvalue weighted by atomic mass is 10.1. The molecule has 3 amide bonds. The predicted molar refractivity (Wildman–Crippen MR) is 131 cm³/mol. The van der Waals surface area contributed by atoms with E-state index in [0.717, 1.165) is 17.4 Å². The summed E-state index contributed by atoms with van der Waals surface area (Å²) in [6, 6.07) is -0.842. The highest BCUT2D eigenvalue weighted by molar-refractivity contribution is 5.94. The molecule has 2 unspecified atom stereocenters. The number of aliphatic carboxylic acids is 1. The molecule has 1 fully saturated rings. The molecular formula is C25H26F4N4O7. The molecule has 11 nitrogen and oxygen atoms in total. The molecule has 2 heterocycles. The zero-order valence-corrected chi connectivity index (χ0v) is 21.2. The Kier molecular flexibility index (Phi) is 9.85. The fourth-order valence-corrected chi connectivity index (χ4v) is 4.08. The zero-order chi connectivity index (χ0) is 29.6. The first-order valence-corrected chi connectivity index (χ1v) is 12.2. The molecule has 40 heavy (non-hydrogen) atoms. The molecule has 0 bridgehead atoms. The highest BCUT2D eigenvalue weighted by atomic mass is 19.2. The molecule has 2 atom stereocenters. The number of aromatic nitrogens is 1. The van der Waals surface area contributed by atoms with E-state index < -0.39 is 83.4 Å². The number of carbonyl (C=O) groups excluding carboxylic acids is 3. The fourth-order valence-electron chi connectivity index (χ4n) is 4.08. The van der Waals surface area contributed by atoms with E-state index in [9.17, 15) is 46.6 Å². The van der Waals surface area contributed by atoms with Crippen molar-refractivity contribution in [2.24, 2.45) is 0 Å². The minimum Gasteiger partial charge on any atom is -0.481 e. The molecule has 15 heteroatoms. The third-order valence-electron chi connectivity index (χ3n) is 6.15. The molecular weight excluding hydrogens is 544 g/mol. The van der Waals surface area contributed by atoms with Crippen LogP contribution in [0, 0.1) is 23.3 Å². The first-order chi connectivity index (χ1) is 18.9. The van der Waals surface area contributed by atoms with Crippen LogP contribution in [-0.2, 0) is 14.4 Å². The van der Waals surface area contributed by atoms with Gasteiger partial charge in [-0.1, -0.05) is 6.92 Å². The number of amides is 3. The van der Waals surface area contributed by atoms with E-state index in [0.29, 0.717) is 13.1 Å². The molecule has 1 saturated heterocycles. The van der Waals surface area contributed by atoms with E-state index >= 15 is 0 Å². The van der Waals surface area contributed by atoms with Gasteiger partial charge in [-0.3, -0.25) is 19.2 Å². The number of anilines is 1. The van der Waals surface area contributed by atoms with Crippen LogP contribution in [0.5, 0.6) is 5.75 Å². The SMILES string of the molecule is CCC(C(=O)NC(CC(=O)O)C(=O)COc1c(F)c(F)cc(F)c1F)n1cccc(NC(=O)N2CCCC2)c1=O. The van der Waals surface area contributed by atoms with Gasteiger partial charge in [-0.25, -0.2) is 13.6 Å². The van der Waals surface area contributed by atoms with E-state index in [1.807, 2.05) is 0 Å². The van der Waals surface area contributed by atoms with Crippen LogP contribution in [0.4, 0.5) is 28.0 Å². The highest BCUT2D eigenvalue weighted by Gasteiger charge is 2.30. The van der Waals surface area contributed by atoms with E-state index in [2.05, 4.69) is 15.4 Å². The van der Waals surface area contributed by atoms with Gasteiger partial charge in [-0.05, 0) is 31.4 Å². The van der Waals surface area contributed by atoms with Crippen molar-refractivity contribution >= 4 is 29.4 Å². The van der Waals surface area contributed by atoms with Crippen molar-refractivity contribution in [2.75, 3.05) is 25.0 Å². The molecule has 2 aromatic rings. The van der Waals surface area contributed by atoms with Crippen molar-refractivity contribution in [3.8, 4) is 5.75 Å². The summed E-state index contributed by atoms with van der Waals surface area (Å²) < 4.78 is 60.1. The Hall–Kier alpha value is -4.43. The van der Waals surface area contributed by atoms with Crippen LogP contribution in [0.15, 0.2) is 29.2 Å². The summed E-state index contributed by atoms with van der Waals surface area (Å²) in [5.41, 5.74) is -0.843. The Morgan fingerprint density at radius 1 is 1.07 bits per heavy atom. The topological polar surface area (TPSA) is 147 Å². The Morgan fingerprint density at radius 2 is 1.70 bits per heavy atom. The van der Waals surface area contributed by atoms with Crippen LogP contribution < -0.4 is 20.9 Å². The number of halogens is 4. The number of pyridine rings is 1. The molecule has 216 valence electrons. The second-order valence-electron chi connectivity index (χ2n) is 8.89. The number of carbonyl (C=O) groups is 4. The Morgan fingerprint density at radius 3 is 2.27 bits per heavy atom. The van der Waals surface area contributed by atoms with Gasteiger partial charge in [0.05, 0.1) is 6.42 Å². The number of ketones is 1. The van der Waals surface area contributed by atoms with Gasteiger partial charge in [0.25, 0.3) is 5.56 Å². The van der Waals surface area contributed by atoms with Crippen molar-refractivity contribution in [1.82, 2.24) is 14.8 Å². The van der Waals surface area contributed by atoms with Crippen molar-refractivity contribution in [1.29, 1.82) is 0 Å². The van der Waals surface area contributed by atoms with E-state index in [4.69, 9.17) is 0 Å². The number of Topliss-reactive ketones (excluding diaryl/α,β-unsaturated/α-hetero) is 1. The lowest BCUT2D eigenvalue weighted by Gasteiger charge is -2.23. The molecule has 1 aliphatic heterocycles. The number of hydrogen-bond acceptors (Lipinski definition) is 6. The number of benzene rings is 1. The lowest BCUT2D eigenvalue weighted by Crippen LogP contribution is -2.48. The minimum atomic E-state index is -1.91. The van der Waals surface area contributed by atoms with Crippen LogP contribution in [0.3, 0.4) is 0 Å². The van der Waals surface area contributed by atoms with Crippen LogP contribution in [0.2, 0.25) is 0 Å². The smallest absolute Gasteiger partial charge is 0.321 e. The Labute approximate surface area is 224 Å². The fraction of sp³-hybridized carbons (Fsp3) is 0.400. The number of carboxylic acid groups (broad SMARTS) is 1. The van der Waals surface area contributed by atoms with Gasteiger partial charge in [0, 0.05) is 25.4 Å². The second kappa shape index (κ2) is 13.1. The number of nitrogens with one attached hydrogen (secondary N) is 2. The normalized spacial score (nSPS) is 14.4. The number of hydrogen-bond donors (Lipinski definition) is 3. The summed E-state index contributed by atoms with van der Waals surface area (Å²) in [5.74, 6) is -12.6. The Bertz CT molecular complexity index is 1340. The van der Waals surface area contributed by atoms with Crippen LogP contribution >= 0.6 is 0 Å². The predicted octanol–water partition coefficient (Wildman–Crippen LogP) is 2.59. The standard InChI is InChI=1S/C25H26F4N4O7/c1-2-17(33-9-5-6-15(24(33)38)31-25(39)32-7-3-4-8-32)23(37)30-16(11-19(35)36)18(34)12-40-22-20(28)13(26)10-14(27)21(22)29/h5-6,9-10,16-17H,2-4,7-8,11-12H2,1H3,(H,30,37)(H,31,39)(H,35,36). The maximum absolute atomic E-state index is 13.8. The average molecular weight is 570 g/mol. The highest BCUT2D eigenvalue weighted by Crippen LogP contribution is 2.26. The third kappa shape index (κ3) is 6.95. The summed E-state index contributed by atoms with van der Waals surface area (Å²) in [5, 5.41) is 13.9. The monoisotopic (exact) mass is 570 g/mol. The molecule has 1 aliphatic rings. The molecule has 0 radical (unpaired) electrons. The number of likely N-dealkylation sites (tertiary alicyclic amines) is 1. The quantitative estimate of drug-likeness (QED) is 0.278. The molecule has 0 saturated carbocycles. The van der Waals surface area contributed by atoms with Gasteiger partial charge in [0.15, 0.2) is 23.2 Å². The number of nitrogens with zero attached hydrogens (tertiary/aromatic N) is 2. The van der Waals surface area contributed by atoms with E-state index in [1.54, 1.807) is 0 Å². The molecule has 3 N–H and O–H groups in total. The van der Waals surface area contributed by atoms with Crippen molar-refractivity contribution in [3.63, 3.8) is 0 Å². The van der Waals surface area contributed by atoms with Gasteiger partial charge in [-0.2, -0.15) is 8.78 Å². The summed E-state index contributed by atoms with van der Waals surface area (Å²) in [7, 11) is 0. The van der Waals surface area contributed by atoms with E-state index in [1.165, 1.54) is 30.2 Å². The van der Waals surface area contributed by atoms with Crippen molar-refractivity contribution < 1.29 is 46.6 Å². The van der Waals surface area contributed by atoms with E-state index in [-0.39, 0.29) is 18.2 Å². The molecule has 1 aromatic heterocycles. The maximum atomic E-state index is 13.8. The number of urea groups is 1. The van der Waals surface area contributed by atoms with Gasteiger partial charge in [0.1, 0.15) is 24.4 Å². The van der Waals surface area contributed by atoms with Crippen LogP contribution in [0.1, 0.15) is 38.6 Å². The van der Waals surface area contributed by atoms with Gasteiger partial charge in [-0.15, -0.1) is 0 Å².